The van der Waals surface area contributed by atoms with E-state index in [-0.39, 0.29) is 4.90 Å². The summed E-state index contributed by atoms with van der Waals surface area (Å²) in [4.78, 5) is 10.9. The predicted molar refractivity (Wildman–Crippen MR) is 118 cm³/mol. The van der Waals surface area contributed by atoms with Crippen LogP contribution < -0.4 is 9.64 Å². The summed E-state index contributed by atoms with van der Waals surface area (Å²) in [6, 6.07) is 3.76. The van der Waals surface area contributed by atoms with Gasteiger partial charge in [0.25, 0.3) is 0 Å². The maximum Gasteiger partial charge on any atom is 0.324 e. The van der Waals surface area contributed by atoms with Gasteiger partial charge in [0.15, 0.2) is 15.7 Å². The van der Waals surface area contributed by atoms with E-state index >= 15 is 0 Å². The normalized spacial score (nSPS) is 21.6. The van der Waals surface area contributed by atoms with Crippen molar-refractivity contribution in [1.82, 2.24) is 15.1 Å². The molecule has 0 amide bonds. The first-order valence-electron chi connectivity index (χ1n) is 11.4. The lowest BCUT2D eigenvalue weighted by atomic mass is 9.91. The van der Waals surface area contributed by atoms with E-state index in [2.05, 4.69) is 26.9 Å². The van der Waals surface area contributed by atoms with E-state index in [1.807, 2.05) is 0 Å². The Morgan fingerprint density at radius 3 is 2.72 bits per heavy atom. The lowest BCUT2D eigenvalue weighted by molar-refractivity contribution is 0.114. The van der Waals surface area contributed by atoms with Gasteiger partial charge in [-0.25, -0.2) is 13.4 Å². The molecule has 1 saturated carbocycles. The molecule has 32 heavy (non-hydrogen) atoms. The van der Waals surface area contributed by atoms with Crippen molar-refractivity contribution < 1.29 is 22.4 Å². The summed E-state index contributed by atoms with van der Waals surface area (Å²) in [7, 11) is -3.23. The molecule has 2 aromatic rings. The summed E-state index contributed by atoms with van der Waals surface area (Å²) in [5.41, 5.74) is 0. The minimum Gasteiger partial charge on any atom is -0.478 e. The Bertz CT molecular complexity index is 970. The van der Waals surface area contributed by atoms with E-state index in [9.17, 15) is 8.42 Å². The number of anilines is 1. The van der Waals surface area contributed by atoms with Gasteiger partial charge in [0.2, 0.25) is 5.88 Å². The summed E-state index contributed by atoms with van der Waals surface area (Å²) < 4.78 is 39.6. The van der Waals surface area contributed by atoms with Crippen molar-refractivity contribution in [2.24, 2.45) is 17.8 Å². The number of hydrogen-bond donors (Lipinski definition) is 0. The van der Waals surface area contributed by atoms with Crippen LogP contribution in [0.4, 0.5) is 6.01 Å². The number of hydrogen-bond acceptors (Lipinski definition) is 9. The highest BCUT2D eigenvalue weighted by Crippen LogP contribution is 2.49. The zero-order valence-electron chi connectivity index (χ0n) is 18.8. The average Bonchev–Trinajstić information content (AvgIpc) is 3.40. The summed E-state index contributed by atoms with van der Waals surface area (Å²) in [6.45, 7) is 5.67. The highest BCUT2D eigenvalue weighted by atomic mass is 32.2. The number of nitrogens with zero attached hydrogens (tertiary/aromatic N) is 4. The third-order valence-corrected chi connectivity index (χ3v) is 7.40. The Kier molecular flexibility index (Phi) is 7.30. The van der Waals surface area contributed by atoms with Crippen LogP contribution in [0.2, 0.25) is 0 Å². The first-order chi connectivity index (χ1) is 15.4. The van der Waals surface area contributed by atoms with Gasteiger partial charge in [-0.1, -0.05) is 12.1 Å². The van der Waals surface area contributed by atoms with E-state index in [1.165, 1.54) is 24.9 Å². The van der Waals surface area contributed by atoms with Crippen molar-refractivity contribution in [3.05, 3.63) is 24.2 Å². The smallest absolute Gasteiger partial charge is 0.324 e. The van der Waals surface area contributed by atoms with E-state index in [0.717, 1.165) is 50.6 Å². The van der Waals surface area contributed by atoms with E-state index < -0.39 is 9.84 Å². The van der Waals surface area contributed by atoms with Gasteiger partial charge >= 0.3 is 6.01 Å². The third kappa shape index (κ3) is 5.98. The van der Waals surface area contributed by atoms with Crippen LogP contribution in [0.25, 0.3) is 0 Å². The summed E-state index contributed by atoms with van der Waals surface area (Å²) >= 11 is 0. The van der Waals surface area contributed by atoms with Crippen LogP contribution in [0.1, 0.15) is 44.9 Å². The maximum atomic E-state index is 11.5. The van der Waals surface area contributed by atoms with Crippen molar-refractivity contribution in [3.8, 4) is 5.88 Å². The Morgan fingerprint density at radius 2 is 2.03 bits per heavy atom. The molecule has 1 aliphatic heterocycles. The molecule has 4 rings (SSSR count). The first-order valence-corrected chi connectivity index (χ1v) is 13.3. The maximum absolute atomic E-state index is 11.5. The molecular formula is C22H32N4O5S. The second kappa shape index (κ2) is 10.2. The molecular weight excluding hydrogens is 432 g/mol. The SMILES string of the molecule is CCCOCc1noc(N2CCC(C3CC3CCOc3ccc(S(C)(=O)=O)cn3)CC2)n1. The van der Waals surface area contributed by atoms with Crippen LogP contribution in [0.3, 0.4) is 0 Å². The summed E-state index contributed by atoms with van der Waals surface area (Å²) in [6.07, 6.45) is 8.04. The molecule has 0 aromatic carbocycles. The molecule has 3 heterocycles. The minimum atomic E-state index is -3.23. The van der Waals surface area contributed by atoms with E-state index in [0.29, 0.717) is 43.5 Å². The second-order valence-corrected chi connectivity index (χ2v) is 10.8. The van der Waals surface area contributed by atoms with E-state index in [4.69, 9.17) is 14.0 Å². The molecule has 10 heteroatoms. The van der Waals surface area contributed by atoms with Crippen LogP contribution in [0, 0.1) is 17.8 Å². The number of piperidine rings is 1. The van der Waals surface area contributed by atoms with Gasteiger partial charge in [0, 0.05) is 38.2 Å². The van der Waals surface area contributed by atoms with Crippen molar-refractivity contribution in [2.45, 2.75) is 50.5 Å². The molecule has 2 fully saturated rings. The van der Waals surface area contributed by atoms with Crippen LogP contribution >= 0.6 is 0 Å². The quantitative estimate of drug-likeness (QED) is 0.463. The molecule has 176 valence electrons. The standard InChI is InChI=1S/C22H32N4O5S/c1-3-11-29-15-20-24-22(31-25-20)26-9-6-16(7-10-26)19-13-17(19)8-12-30-21-5-4-18(14-23-21)32(2,27)28/h4-5,14,16-17,19H,3,6-13,15H2,1-2H3. The van der Waals surface area contributed by atoms with Crippen molar-refractivity contribution in [1.29, 1.82) is 0 Å². The molecule has 2 atom stereocenters. The number of sulfone groups is 1. The Labute approximate surface area is 189 Å². The van der Waals surface area contributed by atoms with Gasteiger partial charge in [-0.2, -0.15) is 4.98 Å². The first kappa shape index (κ1) is 23.0. The predicted octanol–water partition coefficient (Wildman–Crippen LogP) is 3.12. The third-order valence-electron chi connectivity index (χ3n) is 6.31. The fraction of sp³-hybridized carbons (Fsp3) is 0.682. The number of aromatic nitrogens is 3. The van der Waals surface area contributed by atoms with Gasteiger partial charge < -0.3 is 18.9 Å². The number of ether oxygens (including phenoxy) is 2. The van der Waals surface area contributed by atoms with Gasteiger partial charge in [0.1, 0.15) is 6.61 Å². The van der Waals surface area contributed by atoms with Gasteiger partial charge in [-0.3, -0.25) is 0 Å². The Morgan fingerprint density at radius 1 is 1.22 bits per heavy atom. The molecule has 2 aliphatic rings. The van der Waals surface area contributed by atoms with Crippen molar-refractivity contribution in [3.63, 3.8) is 0 Å². The molecule has 2 aromatic heterocycles. The number of rotatable bonds is 11. The Hall–Kier alpha value is -2.20. The average molecular weight is 465 g/mol. The number of pyridine rings is 1. The molecule has 0 N–H and O–H groups in total. The molecule has 1 saturated heterocycles. The van der Waals surface area contributed by atoms with Gasteiger partial charge in [-0.05, 0) is 55.9 Å². The topological polar surface area (TPSA) is 108 Å². The Balaban J connectivity index is 1.15. The molecule has 2 unspecified atom stereocenters. The second-order valence-electron chi connectivity index (χ2n) is 8.77. The highest BCUT2D eigenvalue weighted by molar-refractivity contribution is 7.90. The fourth-order valence-electron chi connectivity index (χ4n) is 4.43. The molecule has 9 nitrogen and oxygen atoms in total. The molecule has 0 radical (unpaired) electrons. The lowest BCUT2D eigenvalue weighted by Crippen LogP contribution is -2.34. The fourth-order valence-corrected chi connectivity index (χ4v) is 4.98. The lowest BCUT2D eigenvalue weighted by Gasteiger charge is -2.30. The van der Waals surface area contributed by atoms with Crippen LogP contribution in [0.5, 0.6) is 5.88 Å². The highest BCUT2D eigenvalue weighted by Gasteiger charge is 2.43. The van der Waals surface area contributed by atoms with E-state index in [1.54, 1.807) is 6.07 Å². The summed E-state index contributed by atoms with van der Waals surface area (Å²) in [5.74, 6) is 3.29. The van der Waals surface area contributed by atoms with Crippen LogP contribution in [-0.2, 0) is 21.2 Å². The van der Waals surface area contributed by atoms with Crippen LogP contribution in [-0.4, -0.2) is 56.1 Å². The monoisotopic (exact) mass is 464 g/mol. The summed E-state index contributed by atoms with van der Waals surface area (Å²) in [5, 5.41) is 4.02. The molecule has 0 spiro atoms. The largest absolute Gasteiger partial charge is 0.478 e. The molecule has 0 bridgehead atoms. The van der Waals surface area contributed by atoms with Crippen molar-refractivity contribution >= 4 is 15.9 Å². The van der Waals surface area contributed by atoms with Gasteiger partial charge in [0.05, 0.1) is 11.5 Å². The zero-order chi connectivity index (χ0) is 22.6. The molecule has 1 aliphatic carbocycles. The van der Waals surface area contributed by atoms with Crippen molar-refractivity contribution in [2.75, 3.05) is 37.5 Å². The zero-order valence-corrected chi connectivity index (χ0v) is 19.6. The minimum absolute atomic E-state index is 0.208. The van der Waals surface area contributed by atoms with Gasteiger partial charge in [-0.15, -0.1) is 0 Å². The van der Waals surface area contributed by atoms with Crippen LogP contribution in [0.15, 0.2) is 27.7 Å².